The maximum absolute atomic E-state index is 13.2. The van der Waals surface area contributed by atoms with Gasteiger partial charge in [0.2, 0.25) is 5.91 Å². The zero-order chi connectivity index (χ0) is 20.8. The number of fused-ring (bicyclic) bond motifs is 1. The van der Waals surface area contributed by atoms with E-state index in [1.54, 1.807) is 17.2 Å². The lowest BCUT2D eigenvalue weighted by Crippen LogP contribution is -2.56. The molecule has 3 aromatic heterocycles. The molecule has 11 nitrogen and oxygen atoms in total. The molecule has 158 valence electrons. The molecule has 31 heavy (non-hydrogen) atoms. The molecule has 11 heteroatoms. The number of rotatable bonds is 5. The number of benzene rings is 1. The SMILES string of the molecule is O=C(C1CCCN1c1nc2ccccc2o1)N1CC(n2cc(Cn3nccn3)nn2)C1. The van der Waals surface area contributed by atoms with Gasteiger partial charge in [-0.15, -0.1) is 5.10 Å². The number of para-hydroxylation sites is 2. The van der Waals surface area contributed by atoms with E-state index in [4.69, 9.17) is 4.42 Å². The smallest absolute Gasteiger partial charge is 0.299 e. The van der Waals surface area contributed by atoms with Crippen molar-refractivity contribution in [1.29, 1.82) is 0 Å². The summed E-state index contributed by atoms with van der Waals surface area (Å²) in [7, 11) is 0. The highest BCUT2D eigenvalue weighted by molar-refractivity contribution is 5.86. The van der Waals surface area contributed by atoms with Gasteiger partial charge in [0.1, 0.15) is 23.8 Å². The van der Waals surface area contributed by atoms with E-state index in [2.05, 4.69) is 25.5 Å². The molecule has 1 aromatic carbocycles. The fraction of sp³-hybridized carbons (Fsp3) is 0.400. The largest absolute Gasteiger partial charge is 0.423 e. The van der Waals surface area contributed by atoms with Crippen molar-refractivity contribution in [3.63, 3.8) is 0 Å². The van der Waals surface area contributed by atoms with Crippen LogP contribution in [0.3, 0.4) is 0 Å². The summed E-state index contributed by atoms with van der Waals surface area (Å²) in [4.78, 5) is 23.2. The molecule has 0 N–H and O–H groups in total. The molecule has 1 atom stereocenters. The second-order valence-electron chi connectivity index (χ2n) is 7.96. The predicted molar refractivity (Wildman–Crippen MR) is 109 cm³/mol. The molecule has 1 amide bonds. The number of amides is 1. The van der Waals surface area contributed by atoms with Crippen LogP contribution in [0.5, 0.6) is 0 Å². The minimum absolute atomic E-state index is 0.122. The normalized spacial score (nSPS) is 19.3. The molecule has 1 unspecified atom stereocenters. The Morgan fingerprint density at radius 2 is 2.00 bits per heavy atom. The molecule has 2 saturated heterocycles. The highest BCUT2D eigenvalue weighted by atomic mass is 16.4. The molecule has 0 bridgehead atoms. The second-order valence-corrected chi connectivity index (χ2v) is 7.96. The Kier molecular flexibility index (Phi) is 4.18. The van der Waals surface area contributed by atoms with Gasteiger partial charge in [-0.05, 0) is 25.0 Å². The molecule has 6 rings (SSSR count). The van der Waals surface area contributed by atoms with Crippen LogP contribution < -0.4 is 4.90 Å². The lowest BCUT2D eigenvalue weighted by molar-refractivity contribution is -0.138. The zero-order valence-corrected chi connectivity index (χ0v) is 16.8. The summed E-state index contributed by atoms with van der Waals surface area (Å²) >= 11 is 0. The predicted octanol–water partition coefficient (Wildman–Crippen LogP) is 1.11. The van der Waals surface area contributed by atoms with Gasteiger partial charge in [0.25, 0.3) is 6.01 Å². The van der Waals surface area contributed by atoms with Gasteiger partial charge in [-0.25, -0.2) is 4.68 Å². The van der Waals surface area contributed by atoms with Gasteiger partial charge in [0.15, 0.2) is 5.58 Å². The standard InChI is InChI=1S/C20H21N9O2/c30-19(17-5-3-9-27(17)20-23-16-4-1-2-6-18(16)31-20)26-12-15(13-26)28-10-14(24-25-28)11-29-21-7-8-22-29/h1-2,4,6-8,10,15,17H,3,5,9,11-13H2. The number of nitrogens with zero attached hydrogens (tertiary/aromatic N) is 9. The fourth-order valence-electron chi connectivity index (χ4n) is 4.28. The monoisotopic (exact) mass is 419 g/mol. The molecule has 4 aromatic rings. The maximum Gasteiger partial charge on any atom is 0.299 e. The molecular formula is C20H21N9O2. The van der Waals surface area contributed by atoms with Crippen molar-refractivity contribution in [3.05, 3.63) is 48.5 Å². The van der Waals surface area contributed by atoms with Gasteiger partial charge < -0.3 is 14.2 Å². The van der Waals surface area contributed by atoms with Crippen molar-refractivity contribution in [2.45, 2.75) is 31.5 Å². The second kappa shape index (κ2) is 7.18. The fourth-order valence-corrected chi connectivity index (χ4v) is 4.28. The first-order valence-electron chi connectivity index (χ1n) is 10.4. The van der Waals surface area contributed by atoms with Crippen LogP contribution in [0.1, 0.15) is 24.6 Å². The molecule has 2 aliphatic heterocycles. The van der Waals surface area contributed by atoms with E-state index >= 15 is 0 Å². The van der Waals surface area contributed by atoms with Crippen molar-refractivity contribution in [1.82, 2.24) is 39.9 Å². The minimum atomic E-state index is -0.230. The van der Waals surface area contributed by atoms with Crippen molar-refractivity contribution in [2.75, 3.05) is 24.5 Å². The Labute approximate surface area is 177 Å². The lowest BCUT2D eigenvalue weighted by atomic mass is 10.1. The van der Waals surface area contributed by atoms with Gasteiger partial charge in [-0.1, -0.05) is 17.3 Å². The summed E-state index contributed by atoms with van der Waals surface area (Å²) in [6, 6.07) is 8.11. The van der Waals surface area contributed by atoms with Crippen molar-refractivity contribution in [2.24, 2.45) is 0 Å². The number of carbonyl (C=O) groups excluding carboxylic acids is 1. The summed E-state index contributed by atoms with van der Waals surface area (Å²) < 4.78 is 7.74. The van der Waals surface area contributed by atoms with Crippen LogP contribution in [-0.4, -0.2) is 71.5 Å². The van der Waals surface area contributed by atoms with Gasteiger partial charge >= 0.3 is 0 Å². The minimum Gasteiger partial charge on any atom is -0.423 e. The van der Waals surface area contributed by atoms with Crippen LogP contribution >= 0.6 is 0 Å². The maximum atomic E-state index is 13.2. The Bertz CT molecular complexity index is 1180. The van der Waals surface area contributed by atoms with Crippen LogP contribution in [0, 0.1) is 0 Å². The summed E-state index contributed by atoms with van der Waals surface area (Å²) in [6.45, 7) is 2.50. The van der Waals surface area contributed by atoms with E-state index in [-0.39, 0.29) is 18.0 Å². The van der Waals surface area contributed by atoms with Gasteiger partial charge in [0.05, 0.1) is 24.6 Å². The third kappa shape index (κ3) is 3.22. The van der Waals surface area contributed by atoms with E-state index in [0.717, 1.165) is 36.2 Å². The Morgan fingerprint density at radius 3 is 2.84 bits per heavy atom. The molecule has 0 spiro atoms. The van der Waals surface area contributed by atoms with E-state index in [0.29, 0.717) is 25.6 Å². The van der Waals surface area contributed by atoms with Crippen LogP contribution in [0.15, 0.2) is 47.3 Å². The first-order valence-corrected chi connectivity index (χ1v) is 10.4. The average molecular weight is 419 g/mol. The summed E-state index contributed by atoms with van der Waals surface area (Å²) in [5, 5.41) is 16.6. The zero-order valence-electron chi connectivity index (χ0n) is 16.8. The van der Waals surface area contributed by atoms with Gasteiger partial charge in [-0.2, -0.15) is 20.0 Å². The molecule has 5 heterocycles. The van der Waals surface area contributed by atoms with Crippen molar-refractivity contribution in [3.8, 4) is 0 Å². The third-order valence-electron chi connectivity index (χ3n) is 5.94. The number of hydrogen-bond donors (Lipinski definition) is 0. The highest BCUT2D eigenvalue weighted by Gasteiger charge is 2.41. The summed E-state index contributed by atoms with van der Waals surface area (Å²) in [5.41, 5.74) is 2.35. The topological polar surface area (TPSA) is 111 Å². The van der Waals surface area contributed by atoms with E-state index in [9.17, 15) is 4.79 Å². The highest BCUT2D eigenvalue weighted by Crippen LogP contribution is 2.31. The van der Waals surface area contributed by atoms with Crippen molar-refractivity contribution < 1.29 is 9.21 Å². The molecule has 0 radical (unpaired) electrons. The number of aromatic nitrogens is 7. The lowest BCUT2D eigenvalue weighted by Gasteiger charge is -2.41. The number of anilines is 1. The first-order chi connectivity index (χ1) is 15.2. The number of carbonyl (C=O) groups is 1. The molecule has 2 fully saturated rings. The Hall–Kier alpha value is -3.76. The molecule has 2 aliphatic rings. The van der Waals surface area contributed by atoms with Gasteiger partial charge in [0, 0.05) is 19.6 Å². The van der Waals surface area contributed by atoms with E-state index in [1.807, 2.05) is 44.9 Å². The number of oxazole rings is 1. The Balaban J connectivity index is 1.11. The molecule has 0 aliphatic carbocycles. The van der Waals surface area contributed by atoms with Gasteiger partial charge in [-0.3, -0.25) is 4.79 Å². The third-order valence-corrected chi connectivity index (χ3v) is 5.94. The Morgan fingerprint density at radius 1 is 1.16 bits per heavy atom. The number of hydrogen-bond acceptors (Lipinski definition) is 8. The van der Waals surface area contributed by atoms with Crippen LogP contribution in [-0.2, 0) is 11.3 Å². The quantitative estimate of drug-likeness (QED) is 0.473. The van der Waals surface area contributed by atoms with Crippen molar-refractivity contribution >= 4 is 23.0 Å². The molecule has 0 saturated carbocycles. The van der Waals surface area contributed by atoms with E-state index < -0.39 is 0 Å². The number of likely N-dealkylation sites (tertiary alicyclic amines) is 1. The first kappa shape index (κ1) is 18.0. The molecular weight excluding hydrogens is 398 g/mol. The summed E-state index contributed by atoms with van der Waals surface area (Å²) in [6.07, 6.45) is 6.92. The van der Waals surface area contributed by atoms with E-state index in [1.165, 1.54) is 0 Å². The summed E-state index contributed by atoms with van der Waals surface area (Å²) in [5.74, 6) is 0.122. The van der Waals surface area contributed by atoms with Crippen LogP contribution in [0.25, 0.3) is 11.1 Å². The van der Waals surface area contributed by atoms with Crippen LogP contribution in [0.2, 0.25) is 0 Å². The average Bonchev–Trinajstić information content (AvgIpc) is 3.53. The van der Waals surface area contributed by atoms with Crippen LogP contribution in [0.4, 0.5) is 6.01 Å².